The van der Waals surface area contributed by atoms with Crippen LogP contribution in [0.3, 0.4) is 0 Å². The second kappa shape index (κ2) is 6.39. The first-order chi connectivity index (χ1) is 10.8. The summed E-state index contributed by atoms with van der Waals surface area (Å²) in [6.07, 6.45) is 0.686. The van der Waals surface area contributed by atoms with E-state index >= 15 is 0 Å². The third-order valence-electron chi connectivity index (χ3n) is 3.95. The van der Waals surface area contributed by atoms with Crippen LogP contribution in [0.25, 0.3) is 0 Å². The van der Waals surface area contributed by atoms with Crippen molar-refractivity contribution < 1.29 is 9.90 Å². The van der Waals surface area contributed by atoms with Gasteiger partial charge in [0.15, 0.2) is 0 Å². The molecule has 0 bridgehead atoms. The smallest absolute Gasteiger partial charge is 0.211 e. The molecule has 0 saturated carbocycles. The van der Waals surface area contributed by atoms with Crippen LogP contribution in [0, 0.1) is 0 Å². The highest BCUT2D eigenvalue weighted by atomic mass is 16.3. The molecular weight excluding hydrogens is 278 g/mol. The molecule has 2 aromatic carbocycles. The molecule has 0 radical (unpaired) electrons. The molecule has 1 heterocycles. The summed E-state index contributed by atoms with van der Waals surface area (Å²) in [4.78, 5) is 15.1. The summed E-state index contributed by atoms with van der Waals surface area (Å²) in [6.45, 7) is 3.78. The number of piperazine rings is 1. The quantitative estimate of drug-likeness (QED) is 0.850. The lowest BCUT2D eigenvalue weighted by atomic mass is 10.2. The highest BCUT2D eigenvalue weighted by Gasteiger charge is 2.17. The fourth-order valence-electron chi connectivity index (χ4n) is 2.72. The normalized spacial score (nSPS) is 14.7. The van der Waals surface area contributed by atoms with Crippen molar-refractivity contribution in [3.05, 3.63) is 48.5 Å². The summed E-state index contributed by atoms with van der Waals surface area (Å²) in [5.74, 6) is 0.298. The number of nitrogens with zero attached hydrogens (tertiary/aromatic N) is 2. The van der Waals surface area contributed by atoms with Crippen molar-refractivity contribution in [1.82, 2.24) is 0 Å². The van der Waals surface area contributed by atoms with Gasteiger partial charge < -0.3 is 20.2 Å². The van der Waals surface area contributed by atoms with Crippen LogP contribution in [0.1, 0.15) is 0 Å². The van der Waals surface area contributed by atoms with Gasteiger partial charge in [0.25, 0.3) is 0 Å². The maximum Gasteiger partial charge on any atom is 0.211 e. The Hall–Kier alpha value is -2.69. The molecule has 2 aromatic rings. The van der Waals surface area contributed by atoms with Gasteiger partial charge in [0, 0.05) is 43.2 Å². The van der Waals surface area contributed by atoms with Crippen molar-refractivity contribution >= 4 is 23.5 Å². The number of carbonyl (C=O) groups is 1. The van der Waals surface area contributed by atoms with Crippen LogP contribution < -0.4 is 15.1 Å². The molecule has 0 aliphatic carbocycles. The fourth-order valence-corrected chi connectivity index (χ4v) is 2.72. The average molecular weight is 297 g/mol. The Labute approximate surface area is 129 Å². The van der Waals surface area contributed by atoms with Crippen LogP contribution in [0.2, 0.25) is 0 Å². The van der Waals surface area contributed by atoms with Gasteiger partial charge >= 0.3 is 0 Å². The van der Waals surface area contributed by atoms with E-state index in [-0.39, 0.29) is 0 Å². The fraction of sp³-hybridized carbons (Fsp3) is 0.235. The van der Waals surface area contributed by atoms with Crippen LogP contribution in [0.5, 0.6) is 5.75 Å². The minimum atomic E-state index is 0.298. The van der Waals surface area contributed by atoms with Crippen molar-refractivity contribution in [2.75, 3.05) is 41.3 Å². The first kappa shape index (κ1) is 14.3. The Kier molecular flexibility index (Phi) is 4.14. The molecule has 22 heavy (non-hydrogen) atoms. The van der Waals surface area contributed by atoms with E-state index < -0.39 is 0 Å². The number of aromatic hydroxyl groups is 1. The number of hydrogen-bond donors (Lipinski definition) is 2. The Balaban J connectivity index is 1.61. The maximum absolute atomic E-state index is 10.4. The third-order valence-corrected chi connectivity index (χ3v) is 3.95. The summed E-state index contributed by atoms with van der Waals surface area (Å²) in [5, 5.41) is 12.0. The second-order valence-corrected chi connectivity index (χ2v) is 5.30. The van der Waals surface area contributed by atoms with E-state index in [1.807, 2.05) is 36.4 Å². The van der Waals surface area contributed by atoms with Crippen molar-refractivity contribution in [2.45, 2.75) is 0 Å². The zero-order valence-electron chi connectivity index (χ0n) is 12.3. The number of amides is 1. The number of benzene rings is 2. The largest absolute Gasteiger partial charge is 0.508 e. The van der Waals surface area contributed by atoms with Gasteiger partial charge in [-0.3, -0.25) is 4.79 Å². The van der Waals surface area contributed by atoms with Crippen LogP contribution in [0.4, 0.5) is 17.1 Å². The maximum atomic E-state index is 10.4. The summed E-state index contributed by atoms with van der Waals surface area (Å²) >= 11 is 0. The summed E-state index contributed by atoms with van der Waals surface area (Å²) in [7, 11) is 0. The van der Waals surface area contributed by atoms with Gasteiger partial charge in [-0.2, -0.15) is 0 Å². The van der Waals surface area contributed by atoms with E-state index in [1.165, 1.54) is 5.69 Å². The van der Waals surface area contributed by atoms with Gasteiger partial charge in [-0.05, 0) is 48.5 Å². The van der Waals surface area contributed by atoms with Gasteiger partial charge in [-0.25, -0.2) is 0 Å². The average Bonchev–Trinajstić information content (AvgIpc) is 2.57. The third kappa shape index (κ3) is 3.14. The highest BCUT2D eigenvalue weighted by molar-refractivity contribution is 5.72. The highest BCUT2D eigenvalue weighted by Crippen LogP contribution is 2.23. The van der Waals surface area contributed by atoms with Crippen molar-refractivity contribution in [3.63, 3.8) is 0 Å². The van der Waals surface area contributed by atoms with Crippen molar-refractivity contribution in [3.8, 4) is 5.75 Å². The summed E-state index contributed by atoms with van der Waals surface area (Å²) in [6, 6.07) is 15.2. The van der Waals surface area contributed by atoms with E-state index in [2.05, 4.69) is 15.1 Å². The van der Waals surface area contributed by atoms with E-state index in [4.69, 9.17) is 0 Å². The Morgan fingerprint density at radius 2 is 1.27 bits per heavy atom. The lowest BCUT2D eigenvalue weighted by molar-refractivity contribution is -0.105. The van der Waals surface area contributed by atoms with E-state index in [0.29, 0.717) is 12.2 Å². The number of rotatable bonds is 4. The lowest BCUT2D eigenvalue weighted by Gasteiger charge is -2.37. The molecule has 1 amide bonds. The van der Waals surface area contributed by atoms with Crippen molar-refractivity contribution in [2.24, 2.45) is 0 Å². The molecule has 2 N–H and O–H groups in total. The summed E-state index contributed by atoms with van der Waals surface area (Å²) in [5.41, 5.74) is 3.12. The zero-order chi connectivity index (χ0) is 15.4. The molecule has 3 rings (SSSR count). The number of hydrogen-bond acceptors (Lipinski definition) is 4. The van der Waals surface area contributed by atoms with Gasteiger partial charge in [-0.1, -0.05) is 0 Å². The molecule has 5 nitrogen and oxygen atoms in total. The molecule has 0 atom stereocenters. The molecule has 1 aliphatic rings. The zero-order valence-corrected chi connectivity index (χ0v) is 12.3. The first-order valence-electron chi connectivity index (χ1n) is 7.35. The topological polar surface area (TPSA) is 55.8 Å². The number of carbonyl (C=O) groups excluding carboxylic acids is 1. The van der Waals surface area contributed by atoms with E-state index in [1.54, 1.807) is 12.1 Å². The van der Waals surface area contributed by atoms with E-state index in [0.717, 1.165) is 37.6 Å². The minimum Gasteiger partial charge on any atom is -0.508 e. The molecular formula is C17H19N3O2. The molecule has 1 saturated heterocycles. The molecule has 114 valence electrons. The standard InChI is InChI=1S/C17H19N3O2/c21-13-18-14-1-3-15(4-2-14)19-9-11-20(12-10-19)16-5-7-17(22)8-6-16/h1-8,13,22H,9-12H2,(H,18,21). The predicted octanol–water partition coefficient (Wildman–Crippen LogP) is 2.29. The predicted molar refractivity (Wildman–Crippen MR) is 88.7 cm³/mol. The number of nitrogens with one attached hydrogen (secondary N) is 1. The second-order valence-electron chi connectivity index (χ2n) is 5.30. The minimum absolute atomic E-state index is 0.298. The van der Waals surface area contributed by atoms with Crippen molar-refractivity contribution in [1.29, 1.82) is 0 Å². The molecule has 0 unspecified atom stereocenters. The lowest BCUT2D eigenvalue weighted by Crippen LogP contribution is -2.46. The van der Waals surface area contributed by atoms with Crippen LogP contribution >= 0.6 is 0 Å². The Bertz CT molecular complexity index is 617. The Morgan fingerprint density at radius 1 is 0.818 bits per heavy atom. The van der Waals surface area contributed by atoms with Gasteiger partial charge in [-0.15, -0.1) is 0 Å². The number of anilines is 3. The SMILES string of the molecule is O=CNc1ccc(N2CCN(c3ccc(O)cc3)CC2)cc1. The van der Waals surface area contributed by atoms with Gasteiger partial charge in [0.05, 0.1) is 0 Å². The van der Waals surface area contributed by atoms with Crippen LogP contribution in [-0.2, 0) is 4.79 Å². The van der Waals surface area contributed by atoms with E-state index in [9.17, 15) is 9.90 Å². The van der Waals surface area contributed by atoms with Crippen LogP contribution in [0.15, 0.2) is 48.5 Å². The molecule has 5 heteroatoms. The molecule has 1 aliphatic heterocycles. The van der Waals surface area contributed by atoms with Gasteiger partial charge in [0.1, 0.15) is 5.75 Å². The Morgan fingerprint density at radius 3 is 1.73 bits per heavy atom. The van der Waals surface area contributed by atoms with Gasteiger partial charge in [0.2, 0.25) is 6.41 Å². The molecule has 0 aromatic heterocycles. The first-order valence-corrected chi connectivity index (χ1v) is 7.35. The monoisotopic (exact) mass is 297 g/mol. The number of phenolic OH excluding ortho intramolecular Hbond substituents is 1. The molecule has 1 fully saturated rings. The molecule has 0 spiro atoms. The number of phenols is 1. The summed E-state index contributed by atoms with van der Waals surface area (Å²) < 4.78 is 0. The van der Waals surface area contributed by atoms with Crippen LogP contribution in [-0.4, -0.2) is 37.7 Å².